The number of esters is 1. The van der Waals surface area contributed by atoms with Gasteiger partial charge in [-0.3, -0.25) is 9.59 Å². The molecule has 1 N–H and O–H groups in total. The molecule has 0 atom stereocenters. The van der Waals surface area contributed by atoms with Crippen LogP contribution in [0.2, 0.25) is 5.02 Å². The highest BCUT2D eigenvalue weighted by Crippen LogP contribution is 2.25. The van der Waals surface area contributed by atoms with Gasteiger partial charge in [0, 0.05) is 10.7 Å². The number of anilines is 1. The second-order valence-corrected chi connectivity index (χ2v) is 5.51. The number of nitrogens with one attached hydrogen (secondary N) is 1. The standard InChI is InChI=1S/C15H18ClNO3/c1-10-6-7-12(8-13(10)16)17-14(18)9-20-15(19)11-4-2-3-5-11/h6-8,11H,2-5,9H2,1H3,(H,17,18). The number of hydrogen-bond acceptors (Lipinski definition) is 3. The van der Waals surface area contributed by atoms with E-state index in [-0.39, 0.29) is 24.4 Å². The maximum atomic E-state index is 11.7. The van der Waals surface area contributed by atoms with Crippen LogP contribution in [0.3, 0.4) is 0 Å². The van der Waals surface area contributed by atoms with Gasteiger partial charge in [-0.25, -0.2) is 0 Å². The number of hydrogen-bond donors (Lipinski definition) is 1. The number of rotatable bonds is 4. The van der Waals surface area contributed by atoms with Gasteiger partial charge in [0.1, 0.15) is 0 Å². The highest BCUT2D eigenvalue weighted by Gasteiger charge is 2.24. The predicted molar refractivity (Wildman–Crippen MR) is 77.7 cm³/mol. The molecule has 0 aromatic heterocycles. The lowest BCUT2D eigenvalue weighted by Crippen LogP contribution is -2.23. The summed E-state index contributed by atoms with van der Waals surface area (Å²) in [7, 11) is 0. The molecule has 1 aromatic rings. The van der Waals surface area contributed by atoms with E-state index in [0.29, 0.717) is 10.7 Å². The maximum absolute atomic E-state index is 11.7. The minimum atomic E-state index is -0.351. The van der Waals surface area contributed by atoms with Crippen molar-refractivity contribution >= 4 is 29.2 Å². The fourth-order valence-electron chi connectivity index (χ4n) is 2.28. The van der Waals surface area contributed by atoms with Crippen LogP contribution < -0.4 is 5.32 Å². The monoisotopic (exact) mass is 295 g/mol. The van der Waals surface area contributed by atoms with Gasteiger partial charge < -0.3 is 10.1 Å². The first-order chi connectivity index (χ1) is 9.56. The lowest BCUT2D eigenvalue weighted by Gasteiger charge is -2.10. The fraction of sp³-hybridized carbons (Fsp3) is 0.467. The lowest BCUT2D eigenvalue weighted by molar-refractivity contribution is -0.151. The third-order valence-electron chi connectivity index (χ3n) is 3.49. The van der Waals surface area contributed by atoms with Gasteiger partial charge in [-0.1, -0.05) is 30.5 Å². The van der Waals surface area contributed by atoms with Gasteiger partial charge >= 0.3 is 5.97 Å². The second-order valence-electron chi connectivity index (χ2n) is 5.10. The summed E-state index contributed by atoms with van der Waals surface area (Å²) in [6.45, 7) is 1.64. The number of halogens is 1. The average molecular weight is 296 g/mol. The van der Waals surface area contributed by atoms with Crippen molar-refractivity contribution in [3.63, 3.8) is 0 Å². The van der Waals surface area contributed by atoms with Gasteiger partial charge in [0.25, 0.3) is 5.91 Å². The van der Waals surface area contributed by atoms with E-state index in [1.54, 1.807) is 12.1 Å². The van der Waals surface area contributed by atoms with Crippen molar-refractivity contribution in [2.75, 3.05) is 11.9 Å². The number of aryl methyl sites for hydroxylation is 1. The Hall–Kier alpha value is -1.55. The molecular weight excluding hydrogens is 278 g/mol. The van der Waals surface area contributed by atoms with Gasteiger partial charge in [-0.05, 0) is 37.5 Å². The Labute approximate surface area is 123 Å². The van der Waals surface area contributed by atoms with E-state index in [1.807, 2.05) is 13.0 Å². The van der Waals surface area contributed by atoms with Gasteiger partial charge in [-0.2, -0.15) is 0 Å². The summed E-state index contributed by atoms with van der Waals surface area (Å²) in [4.78, 5) is 23.4. The molecule has 1 fully saturated rings. The van der Waals surface area contributed by atoms with E-state index in [9.17, 15) is 9.59 Å². The third kappa shape index (κ3) is 3.97. The molecule has 1 aliphatic carbocycles. The zero-order valence-electron chi connectivity index (χ0n) is 11.4. The molecule has 108 valence electrons. The molecule has 0 radical (unpaired) electrons. The quantitative estimate of drug-likeness (QED) is 0.867. The smallest absolute Gasteiger partial charge is 0.309 e. The topological polar surface area (TPSA) is 55.4 Å². The number of ether oxygens (including phenoxy) is 1. The van der Waals surface area contributed by atoms with Crippen LogP contribution in [0.5, 0.6) is 0 Å². The number of amides is 1. The van der Waals surface area contributed by atoms with Gasteiger partial charge in [-0.15, -0.1) is 0 Å². The van der Waals surface area contributed by atoms with Crippen LogP contribution in [0.15, 0.2) is 18.2 Å². The minimum absolute atomic E-state index is 0.0309. The first kappa shape index (κ1) is 14.9. The molecule has 0 saturated heterocycles. The largest absolute Gasteiger partial charge is 0.455 e. The molecule has 1 amide bonds. The molecule has 5 heteroatoms. The highest BCUT2D eigenvalue weighted by molar-refractivity contribution is 6.31. The Balaban J connectivity index is 1.80. The molecular formula is C15H18ClNO3. The zero-order valence-corrected chi connectivity index (χ0v) is 12.2. The van der Waals surface area contributed by atoms with E-state index in [0.717, 1.165) is 31.2 Å². The van der Waals surface area contributed by atoms with Crippen molar-refractivity contribution < 1.29 is 14.3 Å². The Morgan fingerprint density at radius 1 is 1.35 bits per heavy atom. The molecule has 2 rings (SSSR count). The summed E-state index contributed by atoms with van der Waals surface area (Å²) in [6, 6.07) is 5.26. The Bertz CT molecular complexity index is 510. The van der Waals surface area contributed by atoms with Crippen molar-refractivity contribution in [1.82, 2.24) is 0 Å². The van der Waals surface area contributed by atoms with Crippen molar-refractivity contribution in [2.45, 2.75) is 32.6 Å². The average Bonchev–Trinajstić information content (AvgIpc) is 2.94. The van der Waals surface area contributed by atoms with E-state index >= 15 is 0 Å². The van der Waals surface area contributed by atoms with E-state index < -0.39 is 0 Å². The predicted octanol–water partition coefficient (Wildman–Crippen LogP) is 3.32. The van der Waals surface area contributed by atoms with Crippen LogP contribution in [-0.4, -0.2) is 18.5 Å². The molecule has 0 aliphatic heterocycles. The summed E-state index contributed by atoms with van der Waals surface area (Å²) < 4.78 is 5.03. The highest BCUT2D eigenvalue weighted by atomic mass is 35.5. The Kier molecular flexibility index (Phi) is 5.01. The Morgan fingerprint density at radius 3 is 2.70 bits per heavy atom. The number of carbonyl (C=O) groups is 2. The van der Waals surface area contributed by atoms with E-state index in [1.165, 1.54) is 0 Å². The summed E-state index contributed by atoms with van der Waals surface area (Å²) >= 11 is 5.97. The molecule has 0 unspecified atom stereocenters. The van der Waals surface area contributed by atoms with Crippen LogP contribution in [-0.2, 0) is 14.3 Å². The second kappa shape index (κ2) is 6.75. The fourth-order valence-corrected chi connectivity index (χ4v) is 2.46. The molecule has 0 bridgehead atoms. The molecule has 1 aliphatic rings. The van der Waals surface area contributed by atoms with Crippen molar-refractivity contribution in [3.05, 3.63) is 28.8 Å². The van der Waals surface area contributed by atoms with Crippen LogP contribution >= 0.6 is 11.6 Å². The summed E-state index contributed by atoms with van der Waals surface area (Å²) in [5.41, 5.74) is 1.54. The summed E-state index contributed by atoms with van der Waals surface area (Å²) in [6.07, 6.45) is 3.86. The molecule has 1 saturated carbocycles. The molecule has 20 heavy (non-hydrogen) atoms. The summed E-state index contributed by atoms with van der Waals surface area (Å²) in [5.74, 6) is -0.646. The van der Waals surface area contributed by atoms with Gasteiger partial charge in [0.2, 0.25) is 0 Å². The van der Waals surface area contributed by atoms with Crippen LogP contribution in [0, 0.1) is 12.8 Å². The van der Waals surface area contributed by atoms with Crippen LogP contribution in [0.4, 0.5) is 5.69 Å². The van der Waals surface area contributed by atoms with Crippen molar-refractivity contribution in [1.29, 1.82) is 0 Å². The normalized spacial score (nSPS) is 15.1. The lowest BCUT2D eigenvalue weighted by atomic mass is 10.1. The van der Waals surface area contributed by atoms with E-state index in [2.05, 4.69) is 5.32 Å². The molecule has 0 spiro atoms. The van der Waals surface area contributed by atoms with Gasteiger partial charge in [0.15, 0.2) is 6.61 Å². The van der Waals surface area contributed by atoms with Crippen LogP contribution in [0.25, 0.3) is 0 Å². The SMILES string of the molecule is Cc1ccc(NC(=O)COC(=O)C2CCCC2)cc1Cl. The number of benzene rings is 1. The molecule has 0 heterocycles. The first-order valence-electron chi connectivity index (χ1n) is 6.79. The number of carbonyl (C=O) groups excluding carboxylic acids is 2. The van der Waals surface area contributed by atoms with Crippen molar-refractivity contribution in [2.24, 2.45) is 5.92 Å². The third-order valence-corrected chi connectivity index (χ3v) is 3.90. The van der Waals surface area contributed by atoms with Crippen LogP contribution in [0.1, 0.15) is 31.2 Å². The minimum Gasteiger partial charge on any atom is -0.455 e. The van der Waals surface area contributed by atoms with Gasteiger partial charge in [0.05, 0.1) is 5.92 Å². The zero-order chi connectivity index (χ0) is 14.5. The summed E-state index contributed by atoms with van der Waals surface area (Å²) in [5, 5.41) is 3.24. The Morgan fingerprint density at radius 2 is 2.05 bits per heavy atom. The molecule has 4 nitrogen and oxygen atoms in total. The van der Waals surface area contributed by atoms with E-state index in [4.69, 9.17) is 16.3 Å². The van der Waals surface area contributed by atoms with Crippen molar-refractivity contribution in [3.8, 4) is 0 Å². The first-order valence-corrected chi connectivity index (χ1v) is 7.16. The molecule has 1 aromatic carbocycles. The maximum Gasteiger partial charge on any atom is 0.309 e.